The van der Waals surface area contributed by atoms with Crippen molar-refractivity contribution in [2.45, 2.75) is 31.8 Å². The molecule has 2 aliphatic heterocycles. The number of benzene rings is 1. The first-order valence-corrected chi connectivity index (χ1v) is 8.24. The first kappa shape index (κ1) is 14.2. The zero-order valence-corrected chi connectivity index (χ0v) is 13.2. The fourth-order valence-corrected chi connectivity index (χ4v) is 3.55. The lowest BCUT2D eigenvalue weighted by Gasteiger charge is -2.36. The minimum Gasteiger partial charge on any atom is -0.381 e. The minimum absolute atomic E-state index is 0.620. The summed E-state index contributed by atoms with van der Waals surface area (Å²) in [6, 6.07) is 8.44. The molecule has 1 fully saturated rings. The van der Waals surface area contributed by atoms with Crippen LogP contribution in [0.25, 0.3) is 11.3 Å². The van der Waals surface area contributed by atoms with Crippen molar-refractivity contribution in [1.82, 2.24) is 10.1 Å². The molecular formula is C17H19ClN2O2. The normalized spacial score (nSPS) is 20.0. The summed E-state index contributed by atoms with van der Waals surface area (Å²) >= 11 is 5.98. The molecule has 1 saturated heterocycles. The van der Waals surface area contributed by atoms with E-state index in [2.05, 4.69) is 10.1 Å². The van der Waals surface area contributed by atoms with Gasteiger partial charge in [0.1, 0.15) is 11.5 Å². The van der Waals surface area contributed by atoms with Crippen LogP contribution in [0.15, 0.2) is 28.8 Å². The van der Waals surface area contributed by atoms with Crippen LogP contribution in [0.3, 0.4) is 0 Å². The van der Waals surface area contributed by atoms with Gasteiger partial charge in [0.2, 0.25) is 0 Å². The van der Waals surface area contributed by atoms with Crippen molar-refractivity contribution in [1.29, 1.82) is 0 Å². The number of hydrogen-bond acceptors (Lipinski definition) is 4. The smallest absolute Gasteiger partial charge is 0.143 e. The number of ether oxygens (including phenoxy) is 1. The number of aromatic nitrogens is 1. The molecule has 2 aromatic rings. The van der Waals surface area contributed by atoms with Crippen molar-refractivity contribution < 1.29 is 9.26 Å². The molecule has 0 N–H and O–H groups in total. The molecule has 5 heteroatoms. The quantitative estimate of drug-likeness (QED) is 0.849. The Bertz CT molecular complexity index is 647. The Hall–Kier alpha value is -1.36. The van der Waals surface area contributed by atoms with Crippen molar-refractivity contribution in [2.75, 3.05) is 19.8 Å². The van der Waals surface area contributed by atoms with E-state index >= 15 is 0 Å². The molecule has 0 aliphatic carbocycles. The molecule has 0 saturated carbocycles. The average Bonchev–Trinajstić information content (AvgIpc) is 2.99. The maximum Gasteiger partial charge on any atom is 0.143 e. The summed E-state index contributed by atoms with van der Waals surface area (Å²) in [4.78, 5) is 2.56. The topological polar surface area (TPSA) is 38.5 Å². The standard InChI is InChI=1S/C17H19ClN2O2/c18-13-3-1-12(2-4-13)17-15-11-20(8-5-16(15)22-19-17)14-6-9-21-10-7-14/h1-4,14H,5-11H2. The fourth-order valence-electron chi connectivity index (χ4n) is 3.43. The van der Waals surface area contributed by atoms with Gasteiger partial charge in [-0.2, -0.15) is 0 Å². The minimum atomic E-state index is 0.620. The zero-order valence-electron chi connectivity index (χ0n) is 12.4. The molecule has 2 aliphatic rings. The highest BCUT2D eigenvalue weighted by molar-refractivity contribution is 6.30. The lowest BCUT2D eigenvalue weighted by molar-refractivity contribution is 0.0280. The highest BCUT2D eigenvalue weighted by atomic mass is 35.5. The van der Waals surface area contributed by atoms with Crippen LogP contribution in [0.4, 0.5) is 0 Å². The lowest BCUT2D eigenvalue weighted by atomic mass is 9.98. The van der Waals surface area contributed by atoms with Crippen LogP contribution in [0.5, 0.6) is 0 Å². The lowest BCUT2D eigenvalue weighted by Crippen LogP contribution is -2.42. The maximum atomic E-state index is 5.98. The second-order valence-corrected chi connectivity index (χ2v) is 6.44. The largest absolute Gasteiger partial charge is 0.381 e. The van der Waals surface area contributed by atoms with Crippen LogP contribution >= 0.6 is 11.6 Å². The molecule has 1 aromatic carbocycles. The Balaban J connectivity index is 1.60. The summed E-state index contributed by atoms with van der Waals surface area (Å²) < 4.78 is 11.1. The summed E-state index contributed by atoms with van der Waals surface area (Å²) in [5.74, 6) is 1.04. The first-order valence-electron chi connectivity index (χ1n) is 7.86. The van der Waals surface area contributed by atoms with Crippen LogP contribution in [0.2, 0.25) is 5.02 Å². The van der Waals surface area contributed by atoms with E-state index in [-0.39, 0.29) is 0 Å². The number of halogens is 1. The van der Waals surface area contributed by atoms with Gasteiger partial charge in [0.05, 0.1) is 0 Å². The molecular weight excluding hydrogens is 300 g/mol. The van der Waals surface area contributed by atoms with Crippen LogP contribution in [-0.2, 0) is 17.7 Å². The molecule has 0 spiro atoms. The molecule has 22 heavy (non-hydrogen) atoms. The number of nitrogens with zero attached hydrogens (tertiary/aromatic N) is 2. The fraction of sp³-hybridized carbons (Fsp3) is 0.471. The van der Waals surface area contributed by atoms with Crippen molar-refractivity contribution in [3.05, 3.63) is 40.6 Å². The molecule has 3 heterocycles. The van der Waals surface area contributed by atoms with Crippen molar-refractivity contribution in [3.8, 4) is 11.3 Å². The highest BCUT2D eigenvalue weighted by Crippen LogP contribution is 2.32. The van der Waals surface area contributed by atoms with Gasteiger partial charge in [-0.3, -0.25) is 4.90 Å². The third-order valence-corrected chi connectivity index (χ3v) is 4.93. The van der Waals surface area contributed by atoms with Gasteiger partial charge in [0.15, 0.2) is 0 Å². The van der Waals surface area contributed by atoms with E-state index < -0.39 is 0 Å². The van der Waals surface area contributed by atoms with Crippen molar-refractivity contribution >= 4 is 11.6 Å². The second-order valence-electron chi connectivity index (χ2n) is 6.00. The van der Waals surface area contributed by atoms with Gasteiger partial charge in [-0.15, -0.1) is 0 Å². The number of rotatable bonds is 2. The van der Waals surface area contributed by atoms with E-state index in [9.17, 15) is 0 Å². The molecule has 1 aromatic heterocycles. The SMILES string of the molecule is Clc1ccc(-c2noc3c2CN(C2CCOCC2)CC3)cc1. The summed E-state index contributed by atoms with van der Waals surface area (Å²) in [6.45, 7) is 3.72. The van der Waals surface area contributed by atoms with Gasteiger partial charge in [-0.25, -0.2) is 0 Å². The van der Waals surface area contributed by atoms with Gasteiger partial charge in [0, 0.05) is 54.9 Å². The Labute approximate surface area is 135 Å². The van der Waals surface area contributed by atoms with Gasteiger partial charge in [0.25, 0.3) is 0 Å². The molecule has 4 rings (SSSR count). The van der Waals surface area contributed by atoms with E-state index in [4.69, 9.17) is 20.9 Å². The maximum absolute atomic E-state index is 5.98. The number of hydrogen-bond donors (Lipinski definition) is 0. The third kappa shape index (κ3) is 2.67. The Morgan fingerprint density at radius 2 is 1.91 bits per heavy atom. The number of fused-ring (bicyclic) bond motifs is 1. The van der Waals surface area contributed by atoms with E-state index in [1.54, 1.807) is 0 Å². The molecule has 0 unspecified atom stereocenters. The summed E-state index contributed by atoms with van der Waals surface area (Å²) in [5, 5.41) is 5.05. The van der Waals surface area contributed by atoms with Crippen LogP contribution < -0.4 is 0 Å². The molecule has 0 atom stereocenters. The van der Waals surface area contributed by atoms with E-state index in [0.29, 0.717) is 6.04 Å². The van der Waals surface area contributed by atoms with Crippen molar-refractivity contribution in [2.24, 2.45) is 0 Å². The average molecular weight is 319 g/mol. The summed E-state index contributed by atoms with van der Waals surface area (Å²) in [7, 11) is 0. The van der Waals surface area contributed by atoms with Gasteiger partial charge >= 0.3 is 0 Å². The van der Waals surface area contributed by atoms with E-state index in [1.165, 1.54) is 5.56 Å². The molecule has 116 valence electrons. The molecule has 4 nitrogen and oxygen atoms in total. The first-order chi connectivity index (χ1) is 10.8. The Kier molecular flexibility index (Phi) is 3.90. The Morgan fingerprint density at radius 3 is 2.68 bits per heavy atom. The van der Waals surface area contributed by atoms with Crippen LogP contribution in [0, 0.1) is 0 Å². The van der Waals surface area contributed by atoms with E-state index in [1.807, 2.05) is 24.3 Å². The van der Waals surface area contributed by atoms with Crippen molar-refractivity contribution in [3.63, 3.8) is 0 Å². The molecule has 0 amide bonds. The predicted octanol–water partition coefficient (Wildman–Crippen LogP) is 3.53. The van der Waals surface area contributed by atoms with Crippen LogP contribution in [0.1, 0.15) is 24.2 Å². The molecule has 0 radical (unpaired) electrons. The van der Waals surface area contributed by atoms with Gasteiger partial charge in [-0.1, -0.05) is 28.9 Å². The van der Waals surface area contributed by atoms with Gasteiger partial charge < -0.3 is 9.26 Å². The monoisotopic (exact) mass is 318 g/mol. The third-order valence-electron chi connectivity index (χ3n) is 4.68. The van der Waals surface area contributed by atoms with E-state index in [0.717, 1.165) is 67.6 Å². The summed E-state index contributed by atoms with van der Waals surface area (Å²) in [5.41, 5.74) is 3.27. The Morgan fingerprint density at radius 1 is 1.14 bits per heavy atom. The highest BCUT2D eigenvalue weighted by Gasteiger charge is 2.29. The zero-order chi connectivity index (χ0) is 14.9. The second kappa shape index (κ2) is 6.03. The van der Waals surface area contributed by atoms with Crippen LogP contribution in [-0.4, -0.2) is 35.9 Å². The summed E-state index contributed by atoms with van der Waals surface area (Å²) in [6.07, 6.45) is 3.18. The molecule has 0 bridgehead atoms. The predicted molar refractivity (Wildman–Crippen MR) is 84.9 cm³/mol. The van der Waals surface area contributed by atoms with Gasteiger partial charge in [-0.05, 0) is 25.0 Å².